The Labute approximate surface area is 197 Å². The summed E-state index contributed by atoms with van der Waals surface area (Å²) >= 11 is 0. The predicted molar refractivity (Wildman–Crippen MR) is 130 cm³/mol. The molecule has 9 heteroatoms. The van der Waals surface area contributed by atoms with Gasteiger partial charge in [-0.15, -0.1) is 24.0 Å². The Kier molecular flexibility index (Phi) is 8.93. The molecule has 170 valence electrons. The van der Waals surface area contributed by atoms with E-state index in [0.29, 0.717) is 12.5 Å². The Morgan fingerprint density at radius 3 is 2.63 bits per heavy atom. The molecular formula is C21H38IN7O. The lowest BCUT2D eigenvalue weighted by molar-refractivity contribution is -0.138. The van der Waals surface area contributed by atoms with E-state index in [0.717, 1.165) is 69.2 Å². The number of amides is 1. The second-order valence-corrected chi connectivity index (χ2v) is 8.99. The van der Waals surface area contributed by atoms with Gasteiger partial charge >= 0.3 is 0 Å². The van der Waals surface area contributed by atoms with E-state index in [4.69, 9.17) is 4.99 Å². The summed E-state index contributed by atoms with van der Waals surface area (Å²) in [4.78, 5) is 24.1. The second kappa shape index (κ2) is 10.8. The summed E-state index contributed by atoms with van der Waals surface area (Å²) in [5.74, 6) is 3.35. The molecule has 2 N–H and O–H groups in total. The lowest BCUT2D eigenvalue weighted by atomic mass is 9.85. The van der Waals surface area contributed by atoms with Gasteiger partial charge in [0.1, 0.15) is 5.82 Å². The van der Waals surface area contributed by atoms with E-state index in [2.05, 4.69) is 41.5 Å². The van der Waals surface area contributed by atoms with Crippen molar-refractivity contribution in [2.24, 2.45) is 10.4 Å². The van der Waals surface area contributed by atoms with E-state index in [1.54, 1.807) is 4.90 Å². The third kappa shape index (κ3) is 5.64. The van der Waals surface area contributed by atoms with Gasteiger partial charge in [0, 0.05) is 39.0 Å². The Bertz CT molecular complexity index is 738. The van der Waals surface area contributed by atoms with E-state index in [1.165, 1.54) is 0 Å². The van der Waals surface area contributed by atoms with Crippen LogP contribution in [0.1, 0.15) is 70.4 Å². The van der Waals surface area contributed by atoms with Crippen LogP contribution in [0.5, 0.6) is 0 Å². The fourth-order valence-corrected chi connectivity index (χ4v) is 4.40. The summed E-state index contributed by atoms with van der Waals surface area (Å²) < 4.78 is 2.04. The zero-order chi connectivity index (χ0) is 21.0. The minimum atomic E-state index is -0.344. The topological polar surface area (TPSA) is 87.4 Å². The molecule has 1 aliphatic heterocycles. The molecule has 3 rings (SSSR count). The molecule has 8 nitrogen and oxygen atoms in total. The summed E-state index contributed by atoms with van der Waals surface area (Å²) in [6.45, 7) is 8.44. The SMILES string of the molecule is CCNC(=NCC1(C(=O)N(C)C)CCCC1)NC1CCc2nc(C(C)C)nn2C1.I. The normalized spacial score (nSPS) is 20.5. The first kappa shape index (κ1) is 24.9. The highest BCUT2D eigenvalue weighted by atomic mass is 127. The maximum absolute atomic E-state index is 12.8. The highest BCUT2D eigenvalue weighted by Gasteiger charge is 2.42. The fourth-order valence-electron chi connectivity index (χ4n) is 4.40. The molecule has 1 aromatic heterocycles. The molecule has 1 amide bonds. The molecule has 0 bridgehead atoms. The molecule has 0 aromatic carbocycles. The molecular weight excluding hydrogens is 493 g/mol. The van der Waals surface area contributed by atoms with Gasteiger partial charge in [-0.1, -0.05) is 26.7 Å². The molecule has 1 fully saturated rings. The van der Waals surface area contributed by atoms with Crippen molar-refractivity contribution in [2.75, 3.05) is 27.2 Å². The molecule has 2 aliphatic rings. The van der Waals surface area contributed by atoms with E-state index < -0.39 is 0 Å². The van der Waals surface area contributed by atoms with Crippen molar-refractivity contribution in [3.05, 3.63) is 11.6 Å². The first-order valence-corrected chi connectivity index (χ1v) is 11.0. The summed E-state index contributed by atoms with van der Waals surface area (Å²) in [5.41, 5.74) is -0.344. The number of carbonyl (C=O) groups excluding carboxylic acids is 1. The Morgan fingerprint density at radius 2 is 2.03 bits per heavy atom. The lowest BCUT2D eigenvalue weighted by Crippen LogP contribution is -2.48. The average Bonchev–Trinajstić information content (AvgIpc) is 3.33. The van der Waals surface area contributed by atoms with Crippen LogP contribution in [0.3, 0.4) is 0 Å². The number of guanidine groups is 1. The summed E-state index contributed by atoms with van der Waals surface area (Å²) in [5, 5.41) is 11.6. The molecule has 30 heavy (non-hydrogen) atoms. The first-order valence-electron chi connectivity index (χ1n) is 11.0. The van der Waals surface area contributed by atoms with E-state index in [-0.39, 0.29) is 41.3 Å². The maximum atomic E-state index is 12.8. The minimum absolute atomic E-state index is 0. The highest BCUT2D eigenvalue weighted by molar-refractivity contribution is 14.0. The fraction of sp³-hybridized carbons (Fsp3) is 0.810. The van der Waals surface area contributed by atoms with Gasteiger partial charge in [-0.05, 0) is 26.2 Å². The van der Waals surface area contributed by atoms with Gasteiger partial charge < -0.3 is 15.5 Å². The number of nitrogens with zero attached hydrogens (tertiary/aromatic N) is 5. The van der Waals surface area contributed by atoms with Crippen LogP contribution in [0.15, 0.2) is 4.99 Å². The van der Waals surface area contributed by atoms with Gasteiger partial charge in [-0.3, -0.25) is 9.79 Å². The van der Waals surface area contributed by atoms with Gasteiger partial charge in [-0.2, -0.15) is 5.10 Å². The Morgan fingerprint density at radius 1 is 1.33 bits per heavy atom. The van der Waals surface area contributed by atoms with E-state index in [1.807, 2.05) is 18.8 Å². The zero-order valence-electron chi connectivity index (χ0n) is 19.1. The van der Waals surface area contributed by atoms with Gasteiger partial charge in [0.05, 0.1) is 18.5 Å². The van der Waals surface area contributed by atoms with Crippen molar-refractivity contribution in [3.8, 4) is 0 Å². The van der Waals surface area contributed by atoms with Crippen LogP contribution in [-0.4, -0.2) is 64.8 Å². The molecule has 0 spiro atoms. The number of rotatable bonds is 6. The largest absolute Gasteiger partial charge is 0.357 e. The van der Waals surface area contributed by atoms with Crippen LogP contribution in [0.4, 0.5) is 0 Å². The third-order valence-electron chi connectivity index (χ3n) is 6.04. The minimum Gasteiger partial charge on any atom is -0.357 e. The number of halogens is 1. The molecule has 0 saturated heterocycles. The van der Waals surface area contributed by atoms with Crippen molar-refractivity contribution in [2.45, 2.75) is 77.8 Å². The maximum Gasteiger partial charge on any atom is 0.230 e. The highest BCUT2D eigenvalue weighted by Crippen LogP contribution is 2.39. The summed E-state index contributed by atoms with van der Waals surface area (Å²) in [6, 6.07) is 0.256. The van der Waals surface area contributed by atoms with Crippen molar-refractivity contribution in [1.29, 1.82) is 0 Å². The molecule has 1 atom stereocenters. The Balaban J connectivity index is 0.00000320. The Hall–Kier alpha value is -1.39. The van der Waals surface area contributed by atoms with Gasteiger partial charge in [-0.25, -0.2) is 9.67 Å². The third-order valence-corrected chi connectivity index (χ3v) is 6.04. The quantitative estimate of drug-likeness (QED) is 0.335. The number of hydrogen-bond acceptors (Lipinski definition) is 4. The standard InChI is InChI=1S/C21H37N7O.HI/c1-6-22-20(23-14-21(11-7-8-12-21)19(29)27(4)5)24-16-9-10-17-25-18(15(2)3)26-28(17)13-16;/h15-16H,6-14H2,1-5H3,(H2,22,23,24);1H. The van der Waals surface area contributed by atoms with Crippen molar-refractivity contribution < 1.29 is 4.79 Å². The van der Waals surface area contributed by atoms with Crippen molar-refractivity contribution >= 4 is 35.8 Å². The van der Waals surface area contributed by atoms with Gasteiger partial charge in [0.25, 0.3) is 0 Å². The molecule has 1 aromatic rings. The smallest absolute Gasteiger partial charge is 0.230 e. The van der Waals surface area contributed by atoms with Crippen LogP contribution in [0, 0.1) is 5.41 Å². The average molecular weight is 531 g/mol. The predicted octanol–water partition coefficient (Wildman–Crippen LogP) is 2.54. The number of aromatic nitrogens is 3. The number of nitrogens with one attached hydrogen (secondary N) is 2. The number of carbonyl (C=O) groups is 1. The molecule has 1 aliphatic carbocycles. The number of aryl methyl sites for hydroxylation is 1. The van der Waals surface area contributed by atoms with Gasteiger partial charge in [0.2, 0.25) is 5.91 Å². The number of fused-ring (bicyclic) bond motifs is 1. The molecule has 2 heterocycles. The van der Waals surface area contributed by atoms with Crippen LogP contribution < -0.4 is 10.6 Å². The van der Waals surface area contributed by atoms with E-state index in [9.17, 15) is 4.79 Å². The van der Waals surface area contributed by atoms with Crippen LogP contribution >= 0.6 is 24.0 Å². The molecule has 1 unspecified atom stereocenters. The monoisotopic (exact) mass is 531 g/mol. The van der Waals surface area contributed by atoms with Crippen molar-refractivity contribution in [3.63, 3.8) is 0 Å². The molecule has 1 saturated carbocycles. The zero-order valence-corrected chi connectivity index (χ0v) is 21.4. The summed E-state index contributed by atoms with van der Waals surface area (Å²) in [7, 11) is 3.69. The van der Waals surface area contributed by atoms with Crippen LogP contribution in [-0.2, 0) is 17.8 Å². The lowest BCUT2D eigenvalue weighted by Gasteiger charge is -2.30. The van der Waals surface area contributed by atoms with Crippen LogP contribution in [0.2, 0.25) is 0 Å². The van der Waals surface area contributed by atoms with Crippen molar-refractivity contribution in [1.82, 2.24) is 30.3 Å². The summed E-state index contributed by atoms with van der Waals surface area (Å²) in [6.07, 6.45) is 5.99. The molecule has 0 radical (unpaired) electrons. The van der Waals surface area contributed by atoms with E-state index >= 15 is 0 Å². The number of aliphatic imine (C=N–C) groups is 1. The second-order valence-electron chi connectivity index (χ2n) is 8.99. The van der Waals surface area contributed by atoms with Crippen LogP contribution in [0.25, 0.3) is 0 Å². The number of hydrogen-bond donors (Lipinski definition) is 2. The first-order chi connectivity index (χ1) is 13.8. The van der Waals surface area contributed by atoms with Gasteiger partial charge in [0.15, 0.2) is 11.8 Å².